The van der Waals surface area contributed by atoms with E-state index in [2.05, 4.69) is 9.98 Å². The fourth-order valence-electron chi connectivity index (χ4n) is 2.35. The number of carbonyl (C=O) groups excluding carboxylic acids is 1. The highest BCUT2D eigenvalue weighted by molar-refractivity contribution is 6.31. The predicted octanol–water partition coefficient (Wildman–Crippen LogP) is 3.65. The minimum Gasteiger partial charge on any atom is -0.448 e. The quantitative estimate of drug-likeness (QED) is 0.720. The number of ether oxygens (including phenoxy) is 1. The summed E-state index contributed by atoms with van der Waals surface area (Å²) in [4.78, 5) is 19.6. The van der Waals surface area contributed by atoms with Crippen molar-refractivity contribution in [2.75, 3.05) is 6.61 Å². The van der Waals surface area contributed by atoms with Gasteiger partial charge in [-0.1, -0.05) is 41.9 Å². The first kappa shape index (κ1) is 16.0. The van der Waals surface area contributed by atoms with E-state index in [4.69, 9.17) is 16.3 Å². The standard InChI is InChI=1S/C17H14ClN3O3/c1-2-24-17(22)20-16-19-14-9-8-12(18)10-13(14)15(21(16)23)11-6-4-3-5-7-11/h3-10,23H,2H2,1H3/b20-16-. The van der Waals surface area contributed by atoms with Crippen LogP contribution in [-0.4, -0.2) is 27.6 Å². The molecule has 3 aromatic rings. The monoisotopic (exact) mass is 343 g/mol. The normalized spacial score (nSPS) is 11.7. The van der Waals surface area contributed by atoms with Gasteiger partial charge in [0, 0.05) is 16.0 Å². The Hall–Kier alpha value is -2.86. The van der Waals surface area contributed by atoms with Gasteiger partial charge in [0.25, 0.3) is 5.62 Å². The van der Waals surface area contributed by atoms with Gasteiger partial charge in [0.05, 0.1) is 12.1 Å². The van der Waals surface area contributed by atoms with Crippen molar-refractivity contribution in [1.29, 1.82) is 0 Å². The summed E-state index contributed by atoms with van der Waals surface area (Å²) in [5.41, 5.74) is 1.55. The highest BCUT2D eigenvalue weighted by Gasteiger charge is 2.13. The number of halogens is 1. The van der Waals surface area contributed by atoms with Crippen LogP contribution in [0.25, 0.3) is 22.2 Å². The molecule has 3 rings (SSSR count). The fraction of sp³-hybridized carbons (Fsp3) is 0.118. The SMILES string of the molecule is CCOC(=O)/N=c1/nc2ccc(Cl)cc2c(-c2ccccc2)n1O. The van der Waals surface area contributed by atoms with E-state index in [0.29, 0.717) is 21.6 Å². The number of benzene rings is 2. The number of nitrogens with zero attached hydrogens (tertiary/aromatic N) is 3. The molecule has 0 unspecified atom stereocenters. The number of hydrogen-bond donors (Lipinski definition) is 1. The molecule has 2 aromatic carbocycles. The van der Waals surface area contributed by atoms with Gasteiger partial charge in [0.2, 0.25) is 0 Å². The summed E-state index contributed by atoms with van der Waals surface area (Å²) in [5.74, 6) is 0. The van der Waals surface area contributed by atoms with E-state index < -0.39 is 6.09 Å². The lowest BCUT2D eigenvalue weighted by molar-refractivity contribution is 0.153. The Morgan fingerprint density at radius 1 is 1.29 bits per heavy atom. The minimum absolute atomic E-state index is 0.165. The Kier molecular flexibility index (Phi) is 4.48. The van der Waals surface area contributed by atoms with Crippen LogP contribution < -0.4 is 5.62 Å². The van der Waals surface area contributed by atoms with Crippen LogP contribution in [0.3, 0.4) is 0 Å². The van der Waals surface area contributed by atoms with Gasteiger partial charge in [0.15, 0.2) is 0 Å². The van der Waals surface area contributed by atoms with Crippen molar-refractivity contribution in [3.8, 4) is 11.3 Å². The van der Waals surface area contributed by atoms with E-state index in [0.717, 1.165) is 10.3 Å². The fourth-order valence-corrected chi connectivity index (χ4v) is 2.52. The molecule has 1 aromatic heterocycles. The molecule has 1 heterocycles. The van der Waals surface area contributed by atoms with Crippen LogP contribution in [0.1, 0.15) is 6.92 Å². The van der Waals surface area contributed by atoms with Crippen molar-refractivity contribution >= 4 is 28.6 Å². The van der Waals surface area contributed by atoms with Crippen LogP contribution >= 0.6 is 11.6 Å². The van der Waals surface area contributed by atoms with Crippen LogP contribution in [0.15, 0.2) is 53.5 Å². The summed E-state index contributed by atoms with van der Waals surface area (Å²) in [5, 5.41) is 11.7. The van der Waals surface area contributed by atoms with Crippen molar-refractivity contribution in [3.63, 3.8) is 0 Å². The van der Waals surface area contributed by atoms with E-state index in [1.54, 1.807) is 25.1 Å². The molecular weight excluding hydrogens is 330 g/mol. The van der Waals surface area contributed by atoms with Gasteiger partial charge in [-0.3, -0.25) is 0 Å². The topological polar surface area (TPSA) is 76.7 Å². The first-order chi connectivity index (χ1) is 11.6. The third-order valence-electron chi connectivity index (χ3n) is 3.34. The van der Waals surface area contributed by atoms with E-state index >= 15 is 0 Å². The first-order valence-electron chi connectivity index (χ1n) is 7.28. The molecule has 24 heavy (non-hydrogen) atoms. The molecule has 1 N–H and O–H groups in total. The first-order valence-corrected chi connectivity index (χ1v) is 7.66. The molecule has 0 saturated heterocycles. The third-order valence-corrected chi connectivity index (χ3v) is 3.58. The van der Waals surface area contributed by atoms with Gasteiger partial charge in [-0.2, -0.15) is 0 Å². The molecule has 0 aliphatic carbocycles. The molecule has 0 radical (unpaired) electrons. The van der Waals surface area contributed by atoms with Crippen molar-refractivity contribution in [1.82, 2.24) is 9.71 Å². The number of fused-ring (bicyclic) bond motifs is 1. The highest BCUT2D eigenvalue weighted by atomic mass is 35.5. The Labute approximate surface area is 142 Å². The average Bonchev–Trinajstić information content (AvgIpc) is 2.57. The molecule has 0 aliphatic heterocycles. The van der Waals surface area contributed by atoms with Crippen LogP contribution in [0.4, 0.5) is 4.79 Å². The summed E-state index contributed by atoms with van der Waals surface area (Å²) in [6.45, 7) is 1.86. The largest absolute Gasteiger partial charge is 0.448 e. The zero-order valence-corrected chi connectivity index (χ0v) is 13.6. The maximum absolute atomic E-state index is 11.6. The second-order valence-corrected chi connectivity index (χ2v) is 5.35. The van der Waals surface area contributed by atoms with E-state index in [-0.39, 0.29) is 12.2 Å². The van der Waals surface area contributed by atoms with Crippen molar-refractivity contribution < 1.29 is 14.7 Å². The summed E-state index contributed by atoms with van der Waals surface area (Å²) >= 11 is 6.08. The van der Waals surface area contributed by atoms with Gasteiger partial charge in [-0.25, -0.2) is 9.78 Å². The van der Waals surface area contributed by atoms with Crippen molar-refractivity contribution in [3.05, 3.63) is 59.2 Å². The summed E-state index contributed by atoms with van der Waals surface area (Å²) < 4.78 is 5.56. The molecule has 122 valence electrons. The summed E-state index contributed by atoms with van der Waals surface area (Å²) in [7, 11) is 0. The van der Waals surface area contributed by atoms with Crippen LogP contribution in [-0.2, 0) is 4.74 Å². The van der Waals surface area contributed by atoms with Crippen molar-refractivity contribution in [2.24, 2.45) is 4.99 Å². The number of aromatic nitrogens is 2. The van der Waals surface area contributed by atoms with Crippen LogP contribution in [0.5, 0.6) is 0 Å². The molecule has 6 nitrogen and oxygen atoms in total. The second-order valence-electron chi connectivity index (χ2n) is 4.91. The van der Waals surface area contributed by atoms with E-state index in [9.17, 15) is 10.0 Å². The Morgan fingerprint density at radius 2 is 2.04 bits per heavy atom. The molecule has 7 heteroatoms. The molecule has 0 aliphatic rings. The van der Waals surface area contributed by atoms with E-state index in [1.807, 2.05) is 30.3 Å². The van der Waals surface area contributed by atoms with Crippen LogP contribution in [0.2, 0.25) is 5.02 Å². The number of hydrogen-bond acceptors (Lipinski definition) is 4. The molecule has 1 amide bonds. The molecule has 0 bridgehead atoms. The smallest absolute Gasteiger partial charge is 0.437 e. The Bertz CT molecular complexity index is 968. The third kappa shape index (κ3) is 3.09. The summed E-state index contributed by atoms with van der Waals surface area (Å²) in [6, 6.07) is 14.3. The lowest BCUT2D eigenvalue weighted by Gasteiger charge is -2.11. The lowest BCUT2D eigenvalue weighted by Crippen LogP contribution is -2.26. The molecule has 0 spiro atoms. The highest BCUT2D eigenvalue weighted by Crippen LogP contribution is 2.27. The van der Waals surface area contributed by atoms with Gasteiger partial charge in [-0.15, -0.1) is 9.72 Å². The van der Waals surface area contributed by atoms with Gasteiger partial charge < -0.3 is 9.94 Å². The van der Waals surface area contributed by atoms with Gasteiger partial charge >= 0.3 is 6.09 Å². The zero-order valence-electron chi connectivity index (χ0n) is 12.8. The lowest BCUT2D eigenvalue weighted by atomic mass is 10.1. The molecular formula is C17H14ClN3O3. The van der Waals surface area contributed by atoms with Crippen LogP contribution in [0, 0.1) is 0 Å². The number of amides is 1. The maximum Gasteiger partial charge on any atom is 0.437 e. The predicted molar refractivity (Wildman–Crippen MR) is 89.9 cm³/mol. The van der Waals surface area contributed by atoms with E-state index in [1.165, 1.54) is 0 Å². The maximum atomic E-state index is 11.6. The Morgan fingerprint density at radius 3 is 2.75 bits per heavy atom. The number of rotatable bonds is 2. The average molecular weight is 344 g/mol. The van der Waals surface area contributed by atoms with Gasteiger partial charge in [0.1, 0.15) is 5.69 Å². The van der Waals surface area contributed by atoms with Crippen molar-refractivity contribution in [2.45, 2.75) is 6.92 Å². The second kappa shape index (κ2) is 6.72. The Balaban J connectivity index is 2.36. The molecule has 0 fully saturated rings. The minimum atomic E-state index is -0.819. The number of carbonyl (C=O) groups is 1. The van der Waals surface area contributed by atoms with Gasteiger partial charge in [-0.05, 0) is 25.1 Å². The summed E-state index contributed by atoms with van der Waals surface area (Å²) in [6.07, 6.45) is -0.819. The molecule has 0 atom stereocenters. The molecule has 0 saturated carbocycles. The zero-order chi connectivity index (χ0) is 17.1.